The van der Waals surface area contributed by atoms with E-state index >= 15 is 0 Å². The number of halogens is 2. The molecule has 0 saturated heterocycles. The van der Waals surface area contributed by atoms with Gasteiger partial charge in [-0.2, -0.15) is 0 Å². The molecule has 0 unspecified atom stereocenters. The average molecular weight is 379 g/mol. The number of ether oxygens (including phenoxy) is 1. The number of hydrogen-bond acceptors (Lipinski definition) is 2. The van der Waals surface area contributed by atoms with E-state index in [1.807, 2.05) is 31.2 Å². The molecule has 5 heteroatoms. The molecule has 3 rings (SSSR count). The van der Waals surface area contributed by atoms with Gasteiger partial charge in [0.1, 0.15) is 5.75 Å². The highest BCUT2D eigenvalue weighted by Gasteiger charge is 2.13. The highest BCUT2D eigenvalue weighted by atomic mass is 79.9. The summed E-state index contributed by atoms with van der Waals surface area (Å²) in [6.07, 6.45) is 0. The highest BCUT2D eigenvalue weighted by Crippen LogP contribution is 2.30. The van der Waals surface area contributed by atoms with Crippen molar-refractivity contribution in [2.24, 2.45) is 0 Å². The summed E-state index contributed by atoms with van der Waals surface area (Å²) in [5.41, 5.74) is 3.00. The van der Waals surface area contributed by atoms with E-state index in [1.54, 1.807) is 19.2 Å². The van der Waals surface area contributed by atoms with Crippen LogP contribution in [0.15, 0.2) is 45.7 Å². The number of hydrogen-bond donors (Lipinski definition) is 1. The molecule has 0 aliphatic heterocycles. The molecule has 3 aromatic rings. The summed E-state index contributed by atoms with van der Waals surface area (Å²) >= 11 is 9.55. The van der Waals surface area contributed by atoms with Gasteiger partial charge in [0.15, 0.2) is 5.43 Å². The second-order valence-electron chi connectivity index (χ2n) is 4.99. The van der Waals surface area contributed by atoms with E-state index < -0.39 is 0 Å². The van der Waals surface area contributed by atoms with Crippen LogP contribution >= 0.6 is 27.5 Å². The van der Waals surface area contributed by atoms with Gasteiger partial charge in [-0.15, -0.1) is 0 Å². The van der Waals surface area contributed by atoms with Crippen molar-refractivity contribution < 1.29 is 4.74 Å². The Labute approximate surface area is 141 Å². The Hall–Kier alpha value is -1.78. The minimum atomic E-state index is -0.0434. The van der Waals surface area contributed by atoms with E-state index in [9.17, 15) is 4.79 Å². The summed E-state index contributed by atoms with van der Waals surface area (Å²) in [6, 6.07) is 11.1. The average Bonchev–Trinajstić information content (AvgIpc) is 2.49. The Kier molecular flexibility index (Phi) is 3.98. The predicted octanol–water partition coefficient (Wildman–Crippen LogP) is 4.93. The standard InChI is InChI=1S/C17H13BrClNO2/c1-9-16(10-3-5-11(18)6-4-10)17(21)12-7-13(19)15(22-2)8-14(12)20-9/h3-8H,1-2H3,(H,20,21). The van der Waals surface area contributed by atoms with Gasteiger partial charge in [-0.3, -0.25) is 4.79 Å². The van der Waals surface area contributed by atoms with E-state index in [2.05, 4.69) is 20.9 Å². The number of pyridine rings is 1. The van der Waals surface area contributed by atoms with Gasteiger partial charge in [0.2, 0.25) is 0 Å². The Morgan fingerprint density at radius 2 is 1.86 bits per heavy atom. The molecule has 0 amide bonds. The van der Waals surface area contributed by atoms with Crippen LogP contribution in [-0.4, -0.2) is 12.1 Å². The highest BCUT2D eigenvalue weighted by molar-refractivity contribution is 9.10. The largest absolute Gasteiger partial charge is 0.495 e. The van der Waals surface area contributed by atoms with E-state index in [1.165, 1.54) is 0 Å². The van der Waals surface area contributed by atoms with Crippen molar-refractivity contribution in [2.75, 3.05) is 7.11 Å². The second kappa shape index (κ2) is 5.78. The first kappa shape index (κ1) is 15.1. The minimum absolute atomic E-state index is 0.0434. The van der Waals surface area contributed by atoms with Crippen molar-refractivity contribution in [3.05, 3.63) is 61.8 Å². The van der Waals surface area contributed by atoms with Crippen LogP contribution in [0.3, 0.4) is 0 Å². The van der Waals surface area contributed by atoms with Crippen LogP contribution in [0.1, 0.15) is 5.69 Å². The first-order valence-electron chi connectivity index (χ1n) is 6.67. The number of nitrogens with one attached hydrogen (secondary N) is 1. The number of aromatic amines is 1. The number of aryl methyl sites for hydroxylation is 1. The monoisotopic (exact) mass is 377 g/mol. The molecular weight excluding hydrogens is 366 g/mol. The maximum absolute atomic E-state index is 12.9. The lowest BCUT2D eigenvalue weighted by Gasteiger charge is -2.10. The summed E-state index contributed by atoms with van der Waals surface area (Å²) in [6.45, 7) is 1.89. The first-order valence-corrected chi connectivity index (χ1v) is 7.84. The molecule has 0 radical (unpaired) electrons. The lowest BCUT2D eigenvalue weighted by atomic mass is 10.0. The van der Waals surface area contributed by atoms with Gasteiger partial charge >= 0.3 is 0 Å². The van der Waals surface area contributed by atoms with Crippen LogP contribution < -0.4 is 10.2 Å². The normalized spacial score (nSPS) is 10.9. The van der Waals surface area contributed by atoms with Crippen molar-refractivity contribution >= 4 is 38.4 Å². The van der Waals surface area contributed by atoms with Crippen LogP contribution in [0.4, 0.5) is 0 Å². The van der Waals surface area contributed by atoms with Crippen LogP contribution in [0.2, 0.25) is 5.02 Å². The fourth-order valence-electron chi connectivity index (χ4n) is 2.53. The lowest BCUT2D eigenvalue weighted by Crippen LogP contribution is -2.09. The Bertz CT molecular complexity index is 917. The SMILES string of the molecule is COc1cc2[nH]c(C)c(-c3ccc(Br)cc3)c(=O)c2cc1Cl. The van der Waals surface area contributed by atoms with Crippen LogP contribution in [-0.2, 0) is 0 Å². The molecule has 0 spiro atoms. The van der Waals surface area contributed by atoms with Crippen molar-refractivity contribution in [2.45, 2.75) is 6.92 Å². The van der Waals surface area contributed by atoms with Gasteiger partial charge in [-0.05, 0) is 30.7 Å². The maximum Gasteiger partial charge on any atom is 0.197 e. The topological polar surface area (TPSA) is 42.1 Å². The lowest BCUT2D eigenvalue weighted by molar-refractivity contribution is 0.415. The first-order chi connectivity index (χ1) is 10.5. The van der Waals surface area contributed by atoms with E-state index in [4.69, 9.17) is 16.3 Å². The zero-order chi connectivity index (χ0) is 15.9. The summed E-state index contributed by atoms with van der Waals surface area (Å²) in [5.74, 6) is 0.542. The zero-order valence-electron chi connectivity index (χ0n) is 12.0. The van der Waals surface area contributed by atoms with Gasteiger partial charge < -0.3 is 9.72 Å². The predicted molar refractivity (Wildman–Crippen MR) is 94.0 cm³/mol. The van der Waals surface area contributed by atoms with Crippen LogP contribution in [0.25, 0.3) is 22.0 Å². The summed E-state index contributed by atoms with van der Waals surface area (Å²) in [5, 5.41) is 0.973. The van der Waals surface area contributed by atoms with E-state index in [0.717, 1.165) is 15.7 Å². The van der Waals surface area contributed by atoms with Gasteiger partial charge in [0.25, 0.3) is 0 Å². The molecule has 1 aromatic heterocycles. The van der Waals surface area contributed by atoms with Crippen molar-refractivity contribution in [3.8, 4) is 16.9 Å². The van der Waals surface area contributed by atoms with E-state index in [0.29, 0.717) is 27.2 Å². The molecule has 112 valence electrons. The summed E-state index contributed by atoms with van der Waals surface area (Å²) in [4.78, 5) is 16.1. The Morgan fingerprint density at radius 3 is 2.50 bits per heavy atom. The number of methoxy groups -OCH3 is 1. The second-order valence-corrected chi connectivity index (χ2v) is 6.32. The molecule has 2 aromatic carbocycles. The fraction of sp³-hybridized carbons (Fsp3) is 0.118. The number of benzene rings is 2. The minimum Gasteiger partial charge on any atom is -0.495 e. The Balaban J connectivity index is 2.33. The number of fused-ring (bicyclic) bond motifs is 1. The summed E-state index contributed by atoms with van der Waals surface area (Å²) < 4.78 is 6.17. The molecule has 1 N–H and O–H groups in total. The molecule has 22 heavy (non-hydrogen) atoms. The third kappa shape index (κ3) is 2.53. The molecule has 3 nitrogen and oxygen atoms in total. The molecule has 0 aliphatic carbocycles. The van der Waals surface area contributed by atoms with E-state index in [-0.39, 0.29) is 5.43 Å². The van der Waals surface area contributed by atoms with Gasteiger partial charge in [0.05, 0.1) is 17.6 Å². The molecule has 0 saturated carbocycles. The maximum atomic E-state index is 12.9. The summed E-state index contributed by atoms with van der Waals surface area (Å²) in [7, 11) is 1.55. The van der Waals surface area contributed by atoms with Crippen molar-refractivity contribution in [1.82, 2.24) is 4.98 Å². The number of H-pyrrole nitrogens is 1. The van der Waals surface area contributed by atoms with Crippen molar-refractivity contribution in [3.63, 3.8) is 0 Å². The third-order valence-corrected chi connectivity index (χ3v) is 4.42. The third-order valence-electron chi connectivity index (χ3n) is 3.59. The number of rotatable bonds is 2. The molecule has 0 atom stereocenters. The quantitative estimate of drug-likeness (QED) is 0.687. The fourth-order valence-corrected chi connectivity index (χ4v) is 3.04. The van der Waals surface area contributed by atoms with Crippen LogP contribution in [0, 0.1) is 6.92 Å². The molecular formula is C17H13BrClNO2. The number of aromatic nitrogens is 1. The van der Waals surface area contributed by atoms with Crippen molar-refractivity contribution in [1.29, 1.82) is 0 Å². The molecule has 1 heterocycles. The smallest absolute Gasteiger partial charge is 0.197 e. The van der Waals surface area contributed by atoms with Crippen LogP contribution in [0.5, 0.6) is 5.75 Å². The van der Waals surface area contributed by atoms with Gasteiger partial charge in [-0.25, -0.2) is 0 Å². The molecule has 0 bridgehead atoms. The molecule has 0 aliphatic rings. The zero-order valence-corrected chi connectivity index (χ0v) is 14.4. The van der Waals surface area contributed by atoms with Gasteiger partial charge in [-0.1, -0.05) is 39.7 Å². The molecule has 0 fully saturated rings. The van der Waals surface area contributed by atoms with Gasteiger partial charge in [0, 0.05) is 27.2 Å². The Morgan fingerprint density at radius 1 is 1.18 bits per heavy atom.